The predicted molar refractivity (Wildman–Crippen MR) is 78.1 cm³/mol. The maximum absolute atomic E-state index is 6.00. The van der Waals surface area contributed by atoms with Crippen LogP contribution in [0.2, 0.25) is 0 Å². The Kier molecular flexibility index (Phi) is 4.37. The lowest BCUT2D eigenvalue weighted by Crippen LogP contribution is -2.61. The molecule has 0 radical (unpaired) electrons. The van der Waals surface area contributed by atoms with Gasteiger partial charge in [0.1, 0.15) is 0 Å². The monoisotopic (exact) mass is 263 g/mol. The van der Waals surface area contributed by atoms with Crippen LogP contribution in [0.25, 0.3) is 0 Å². The van der Waals surface area contributed by atoms with Crippen molar-refractivity contribution in [1.82, 2.24) is 14.9 Å². The predicted octanol–water partition coefficient (Wildman–Crippen LogP) is 0.972. The highest BCUT2D eigenvalue weighted by Gasteiger charge is 2.35. The molecule has 1 atom stereocenters. The number of rotatable bonds is 4. The molecule has 0 aliphatic carbocycles. The van der Waals surface area contributed by atoms with Gasteiger partial charge in [-0.3, -0.25) is 4.90 Å². The molecule has 1 unspecified atom stereocenters. The Morgan fingerprint density at radius 2 is 1.79 bits per heavy atom. The summed E-state index contributed by atoms with van der Waals surface area (Å²) in [6.07, 6.45) is 3.60. The normalized spacial score (nSPS) is 20.6. The lowest BCUT2D eigenvalue weighted by atomic mass is 9.86. The molecule has 1 aromatic rings. The standard InChI is InChI=1S/C14H25N5/c1-12(2)14(3,11-15)19-9-7-18(8-10-19)13-16-5-4-6-17-13/h4-6,12H,7-11,15H2,1-3H3. The summed E-state index contributed by atoms with van der Waals surface area (Å²) in [6, 6.07) is 1.85. The summed E-state index contributed by atoms with van der Waals surface area (Å²) in [5, 5.41) is 0. The maximum atomic E-state index is 6.00. The minimum Gasteiger partial charge on any atom is -0.338 e. The number of anilines is 1. The molecule has 2 heterocycles. The summed E-state index contributed by atoms with van der Waals surface area (Å²) in [4.78, 5) is 13.4. The van der Waals surface area contributed by atoms with Gasteiger partial charge in [-0.1, -0.05) is 13.8 Å². The molecule has 1 saturated heterocycles. The fraction of sp³-hybridized carbons (Fsp3) is 0.714. The highest BCUT2D eigenvalue weighted by molar-refractivity contribution is 5.29. The van der Waals surface area contributed by atoms with E-state index in [2.05, 4.69) is 40.5 Å². The van der Waals surface area contributed by atoms with E-state index in [0.717, 1.165) is 32.1 Å². The van der Waals surface area contributed by atoms with E-state index in [4.69, 9.17) is 5.73 Å². The first-order valence-corrected chi connectivity index (χ1v) is 7.05. The number of piperazine rings is 1. The van der Waals surface area contributed by atoms with E-state index in [1.165, 1.54) is 0 Å². The van der Waals surface area contributed by atoms with E-state index in [9.17, 15) is 0 Å². The quantitative estimate of drug-likeness (QED) is 0.877. The number of nitrogens with zero attached hydrogens (tertiary/aromatic N) is 4. The third-order valence-electron chi connectivity index (χ3n) is 4.49. The second kappa shape index (κ2) is 5.84. The number of aromatic nitrogens is 2. The molecule has 0 bridgehead atoms. The topological polar surface area (TPSA) is 58.3 Å². The van der Waals surface area contributed by atoms with Gasteiger partial charge in [0.2, 0.25) is 5.95 Å². The Hall–Kier alpha value is -1.20. The van der Waals surface area contributed by atoms with Crippen LogP contribution in [0.4, 0.5) is 5.95 Å². The van der Waals surface area contributed by atoms with Crippen molar-refractivity contribution in [3.8, 4) is 0 Å². The molecule has 1 fully saturated rings. The molecule has 2 rings (SSSR count). The lowest BCUT2D eigenvalue weighted by molar-refractivity contribution is 0.0613. The molecule has 0 amide bonds. The van der Waals surface area contributed by atoms with Gasteiger partial charge in [-0.2, -0.15) is 0 Å². The van der Waals surface area contributed by atoms with Gasteiger partial charge in [-0.05, 0) is 18.9 Å². The summed E-state index contributed by atoms with van der Waals surface area (Å²) in [7, 11) is 0. The van der Waals surface area contributed by atoms with Gasteiger partial charge in [-0.15, -0.1) is 0 Å². The van der Waals surface area contributed by atoms with Crippen molar-refractivity contribution in [1.29, 1.82) is 0 Å². The number of hydrogen-bond donors (Lipinski definition) is 1. The molecule has 5 nitrogen and oxygen atoms in total. The fourth-order valence-corrected chi connectivity index (χ4v) is 2.60. The molecule has 106 valence electrons. The van der Waals surface area contributed by atoms with Gasteiger partial charge in [0.25, 0.3) is 0 Å². The van der Waals surface area contributed by atoms with Crippen LogP contribution in [0, 0.1) is 5.92 Å². The maximum Gasteiger partial charge on any atom is 0.225 e. The molecule has 19 heavy (non-hydrogen) atoms. The molecule has 1 aliphatic heterocycles. The van der Waals surface area contributed by atoms with Crippen molar-refractivity contribution in [3.63, 3.8) is 0 Å². The zero-order chi connectivity index (χ0) is 13.9. The summed E-state index contributed by atoms with van der Waals surface area (Å²) in [6.45, 7) is 11.4. The van der Waals surface area contributed by atoms with E-state index in [-0.39, 0.29) is 5.54 Å². The van der Waals surface area contributed by atoms with Gasteiger partial charge in [0.15, 0.2) is 0 Å². The van der Waals surface area contributed by atoms with Crippen LogP contribution >= 0.6 is 0 Å². The largest absolute Gasteiger partial charge is 0.338 e. The van der Waals surface area contributed by atoms with Crippen molar-refractivity contribution in [2.45, 2.75) is 26.3 Å². The Morgan fingerprint density at radius 3 is 2.26 bits per heavy atom. The van der Waals surface area contributed by atoms with Gasteiger partial charge in [0, 0.05) is 50.7 Å². The average molecular weight is 263 g/mol. The zero-order valence-electron chi connectivity index (χ0n) is 12.2. The second-order valence-corrected chi connectivity index (χ2v) is 5.74. The smallest absolute Gasteiger partial charge is 0.225 e. The first kappa shape index (κ1) is 14.2. The van der Waals surface area contributed by atoms with E-state index < -0.39 is 0 Å². The lowest BCUT2D eigenvalue weighted by Gasteiger charge is -2.47. The van der Waals surface area contributed by atoms with E-state index in [1.807, 2.05) is 6.07 Å². The van der Waals surface area contributed by atoms with Gasteiger partial charge in [0.05, 0.1) is 0 Å². The van der Waals surface area contributed by atoms with Crippen LogP contribution in [0.15, 0.2) is 18.5 Å². The fourth-order valence-electron chi connectivity index (χ4n) is 2.60. The van der Waals surface area contributed by atoms with Crippen LogP contribution < -0.4 is 10.6 Å². The van der Waals surface area contributed by atoms with E-state index in [1.54, 1.807) is 12.4 Å². The van der Waals surface area contributed by atoms with Gasteiger partial charge in [-0.25, -0.2) is 9.97 Å². The molecule has 0 aromatic carbocycles. The molecule has 1 aliphatic rings. The van der Waals surface area contributed by atoms with Crippen LogP contribution in [-0.2, 0) is 0 Å². The molecular weight excluding hydrogens is 238 g/mol. The molecule has 1 aromatic heterocycles. The Bertz CT molecular complexity index is 386. The Balaban J connectivity index is 1.99. The van der Waals surface area contributed by atoms with E-state index in [0.29, 0.717) is 12.5 Å². The minimum atomic E-state index is 0.0869. The third kappa shape index (κ3) is 2.87. The summed E-state index contributed by atoms with van der Waals surface area (Å²) < 4.78 is 0. The van der Waals surface area contributed by atoms with Crippen LogP contribution in [0.3, 0.4) is 0 Å². The van der Waals surface area contributed by atoms with Crippen molar-refractivity contribution >= 4 is 5.95 Å². The summed E-state index contributed by atoms with van der Waals surface area (Å²) in [5.41, 5.74) is 6.09. The first-order valence-electron chi connectivity index (χ1n) is 7.05. The number of nitrogens with two attached hydrogens (primary N) is 1. The minimum absolute atomic E-state index is 0.0869. The van der Waals surface area contributed by atoms with Crippen molar-refractivity contribution in [2.75, 3.05) is 37.6 Å². The molecule has 2 N–H and O–H groups in total. The van der Waals surface area contributed by atoms with Crippen LogP contribution in [-0.4, -0.2) is 53.1 Å². The highest BCUT2D eigenvalue weighted by Crippen LogP contribution is 2.25. The van der Waals surface area contributed by atoms with Crippen molar-refractivity contribution in [2.24, 2.45) is 11.7 Å². The molecular formula is C14H25N5. The molecule has 0 spiro atoms. The second-order valence-electron chi connectivity index (χ2n) is 5.74. The third-order valence-corrected chi connectivity index (χ3v) is 4.49. The van der Waals surface area contributed by atoms with Crippen LogP contribution in [0.1, 0.15) is 20.8 Å². The SMILES string of the molecule is CC(C)C(C)(CN)N1CCN(c2ncccn2)CC1. The van der Waals surface area contributed by atoms with Gasteiger partial charge < -0.3 is 10.6 Å². The average Bonchev–Trinajstić information content (AvgIpc) is 2.47. The summed E-state index contributed by atoms with van der Waals surface area (Å²) >= 11 is 0. The first-order chi connectivity index (χ1) is 9.08. The Labute approximate surface area is 115 Å². The van der Waals surface area contributed by atoms with E-state index >= 15 is 0 Å². The van der Waals surface area contributed by atoms with Gasteiger partial charge >= 0.3 is 0 Å². The summed E-state index contributed by atoms with van der Waals surface area (Å²) in [5.74, 6) is 1.39. The Morgan fingerprint density at radius 1 is 1.21 bits per heavy atom. The van der Waals surface area contributed by atoms with Crippen LogP contribution in [0.5, 0.6) is 0 Å². The van der Waals surface area contributed by atoms with Crippen molar-refractivity contribution in [3.05, 3.63) is 18.5 Å². The highest BCUT2D eigenvalue weighted by atomic mass is 15.3. The molecule has 0 saturated carbocycles. The molecule has 5 heteroatoms. The zero-order valence-corrected chi connectivity index (χ0v) is 12.2. The van der Waals surface area contributed by atoms with Crippen molar-refractivity contribution < 1.29 is 0 Å². The number of hydrogen-bond acceptors (Lipinski definition) is 5.